The van der Waals surface area contributed by atoms with Crippen molar-refractivity contribution in [3.8, 4) is 11.3 Å². The van der Waals surface area contributed by atoms with Crippen molar-refractivity contribution in [2.75, 3.05) is 13.6 Å². The average Bonchev–Trinajstić information content (AvgIpc) is 3.28. The minimum atomic E-state index is -0.722. The van der Waals surface area contributed by atoms with Crippen LogP contribution in [0.2, 0.25) is 0 Å². The third-order valence-corrected chi connectivity index (χ3v) is 6.05. The van der Waals surface area contributed by atoms with E-state index in [1.165, 1.54) is 9.13 Å². The second-order valence-corrected chi connectivity index (χ2v) is 8.53. The van der Waals surface area contributed by atoms with E-state index in [4.69, 9.17) is 8.83 Å². The first-order valence-electron chi connectivity index (χ1n) is 10.8. The molecule has 1 N–H and O–H groups in total. The van der Waals surface area contributed by atoms with E-state index in [-0.39, 0.29) is 0 Å². The van der Waals surface area contributed by atoms with Crippen molar-refractivity contribution >= 4 is 22.2 Å². The topological polar surface area (TPSA) is 107 Å². The summed E-state index contributed by atoms with van der Waals surface area (Å²) >= 11 is 0. The van der Waals surface area contributed by atoms with Crippen LogP contribution in [0.5, 0.6) is 0 Å². The molecule has 9 nitrogen and oxygen atoms in total. The highest BCUT2D eigenvalue weighted by Gasteiger charge is 2.15. The van der Waals surface area contributed by atoms with Gasteiger partial charge in [0.15, 0.2) is 11.2 Å². The highest BCUT2D eigenvalue weighted by Crippen LogP contribution is 2.23. The zero-order valence-electron chi connectivity index (χ0n) is 19.1. The zero-order chi connectivity index (χ0) is 24.0. The summed E-state index contributed by atoms with van der Waals surface area (Å²) in [6.07, 6.45) is 1.09. The molecule has 0 saturated carbocycles. The molecular formula is C25H24N4O5. The molecule has 5 rings (SSSR count). The number of benzene rings is 2. The number of rotatable bonds is 6. The highest BCUT2D eigenvalue weighted by atomic mass is 16.4. The van der Waals surface area contributed by atoms with Crippen molar-refractivity contribution in [2.45, 2.75) is 12.6 Å². The minimum Gasteiger partial charge on any atom is -0.408 e. The van der Waals surface area contributed by atoms with Crippen LogP contribution >= 0.6 is 0 Å². The Labute approximate surface area is 194 Å². The van der Waals surface area contributed by atoms with E-state index >= 15 is 0 Å². The Kier molecular flexibility index (Phi) is 5.43. The maximum absolute atomic E-state index is 11.7. The van der Waals surface area contributed by atoms with Crippen molar-refractivity contribution in [1.29, 1.82) is 0 Å². The van der Waals surface area contributed by atoms with Crippen LogP contribution in [0.4, 0.5) is 0 Å². The Balaban J connectivity index is 1.27. The first-order valence-corrected chi connectivity index (χ1v) is 10.8. The lowest BCUT2D eigenvalue weighted by atomic mass is 10.1. The van der Waals surface area contributed by atoms with Gasteiger partial charge in [-0.15, -0.1) is 0 Å². The summed E-state index contributed by atoms with van der Waals surface area (Å²) in [5, 5.41) is 10.7. The Hall–Kier alpha value is -3.95. The summed E-state index contributed by atoms with van der Waals surface area (Å²) in [5.74, 6) is -0.821. The number of aromatic nitrogens is 3. The van der Waals surface area contributed by atoms with Gasteiger partial charge in [-0.2, -0.15) is 0 Å². The van der Waals surface area contributed by atoms with Gasteiger partial charge in [-0.05, 0) is 54.6 Å². The van der Waals surface area contributed by atoms with E-state index in [0.717, 1.165) is 22.3 Å². The van der Waals surface area contributed by atoms with Crippen LogP contribution < -0.4 is 11.5 Å². The van der Waals surface area contributed by atoms with Crippen molar-refractivity contribution in [2.24, 2.45) is 14.1 Å². The standard InChI is InChI=1S/C25H24N4O5/c1-27(14-21(30)17-6-9-23-20(11-17)29(3)25(32)34-23)13-15-4-7-18(26-12-15)16-5-8-22-19(10-16)28(2)24(31)33-22/h4-12,21,30H,13-14H2,1-3H3/t21-/m1/s1. The fourth-order valence-electron chi connectivity index (χ4n) is 4.10. The van der Waals surface area contributed by atoms with Gasteiger partial charge in [-0.25, -0.2) is 9.59 Å². The largest absolute Gasteiger partial charge is 0.419 e. The molecule has 3 heterocycles. The first-order chi connectivity index (χ1) is 16.3. The molecule has 0 aliphatic heterocycles. The van der Waals surface area contributed by atoms with Gasteiger partial charge in [-0.3, -0.25) is 19.0 Å². The molecule has 0 aliphatic rings. The number of hydrogen-bond donors (Lipinski definition) is 1. The minimum absolute atomic E-state index is 0.394. The van der Waals surface area contributed by atoms with E-state index in [0.29, 0.717) is 35.3 Å². The van der Waals surface area contributed by atoms with Crippen LogP contribution in [0.3, 0.4) is 0 Å². The van der Waals surface area contributed by atoms with Crippen LogP contribution in [-0.2, 0) is 20.6 Å². The van der Waals surface area contributed by atoms with Crippen molar-refractivity contribution in [3.05, 3.63) is 87.0 Å². The fourth-order valence-corrected chi connectivity index (χ4v) is 4.10. The molecule has 0 amide bonds. The summed E-state index contributed by atoms with van der Waals surface area (Å²) in [5.41, 5.74) is 5.81. The second kappa shape index (κ2) is 8.44. The monoisotopic (exact) mass is 460 g/mol. The van der Waals surface area contributed by atoms with E-state index < -0.39 is 17.6 Å². The fraction of sp³-hybridized carbons (Fsp3) is 0.240. The van der Waals surface area contributed by atoms with Gasteiger partial charge in [-0.1, -0.05) is 12.1 Å². The number of pyridine rings is 1. The number of fused-ring (bicyclic) bond motifs is 2. The molecule has 2 aromatic carbocycles. The number of aryl methyl sites for hydroxylation is 2. The molecule has 1 atom stereocenters. The Morgan fingerprint density at radius 3 is 2.24 bits per heavy atom. The maximum Gasteiger partial charge on any atom is 0.419 e. The normalized spacial score (nSPS) is 12.7. The number of nitrogens with zero attached hydrogens (tertiary/aromatic N) is 4. The SMILES string of the molecule is CN(Cc1ccc(-c2ccc3oc(=O)n(C)c3c2)nc1)C[C@@H](O)c1ccc2oc(=O)n(C)c2c1. The third-order valence-electron chi connectivity index (χ3n) is 6.05. The Morgan fingerprint density at radius 1 is 0.941 bits per heavy atom. The van der Waals surface area contributed by atoms with Crippen LogP contribution in [0.15, 0.2) is 73.2 Å². The van der Waals surface area contributed by atoms with Gasteiger partial charge in [0, 0.05) is 38.9 Å². The smallest absolute Gasteiger partial charge is 0.408 e. The third kappa shape index (κ3) is 3.95. The molecule has 0 radical (unpaired) electrons. The summed E-state index contributed by atoms with van der Waals surface area (Å²) in [4.78, 5) is 30.0. The first kappa shape index (κ1) is 21.9. The lowest BCUT2D eigenvalue weighted by molar-refractivity contribution is 0.124. The van der Waals surface area contributed by atoms with Crippen LogP contribution in [0.25, 0.3) is 33.5 Å². The van der Waals surface area contributed by atoms with Crippen molar-refractivity contribution in [1.82, 2.24) is 19.0 Å². The predicted molar refractivity (Wildman–Crippen MR) is 127 cm³/mol. The molecule has 3 aromatic heterocycles. The molecule has 0 unspecified atom stereocenters. The van der Waals surface area contributed by atoms with Gasteiger partial charge in [0.2, 0.25) is 0 Å². The summed E-state index contributed by atoms with van der Waals surface area (Å²) in [7, 11) is 5.24. The maximum atomic E-state index is 11.7. The molecule has 0 aliphatic carbocycles. The van der Waals surface area contributed by atoms with Gasteiger partial charge in [0.25, 0.3) is 0 Å². The van der Waals surface area contributed by atoms with Gasteiger partial charge in [0.05, 0.1) is 22.8 Å². The van der Waals surface area contributed by atoms with Crippen LogP contribution in [0.1, 0.15) is 17.2 Å². The number of aliphatic hydroxyl groups excluding tert-OH is 1. The number of oxazole rings is 2. The molecule has 9 heteroatoms. The number of aliphatic hydroxyl groups is 1. The van der Waals surface area contributed by atoms with E-state index in [2.05, 4.69) is 4.98 Å². The lowest BCUT2D eigenvalue weighted by Crippen LogP contribution is -2.24. The summed E-state index contributed by atoms with van der Waals surface area (Å²) < 4.78 is 13.2. The average molecular weight is 460 g/mol. The molecular weight excluding hydrogens is 436 g/mol. The molecule has 0 bridgehead atoms. The molecule has 34 heavy (non-hydrogen) atoms. The van der Waals surface area contributed by atoms with E-state index in [1.54, 1.807) is 38.4 Å². The quantitative estimate of drug-likeness (QED) is 0.415. The second-order valence-electron chi connectivity index (χ2n) is 8.53. The predicted octanol–water partition coefficient (Wildman–Crippen LogP) is 2.80. The molecule has 174 valence electrons. The number of likely N-dealkylation sites (N-methyl/N-ethyl adjacent to an activating group) is 1. The molecule has 0 saturated heterocycles. The van der Waals surface area contributed by atoms with Crippen molar-refractivity contribution in [3.63, 3.8) is 0 Å². The van der Waals surface area contributed by atoms with Crippen LogP contribution in [0, 0.1) is 0 Å². The highest BCUT2D eigenvalue weighted by molar-refractivity contribution is 5.79. The Morgan fingerprint density at radius 2 is 1.59 bits per heavy atom. The number of hydrogen-bond acceptors (Lipinski definition) is 7. The van der Waals surface area contributed by atoms with Crippen molar-refractivity contribution < 1.29 is 13.9 Å². The molecule has 0 fully saturated rings. The summed E-state index contributed by atoms with van der Waals surface area (Å²) in [6, 6.07) is 14.7. The van der Waals surface area contributed by atoms with Gasteiger partial charge < -0.3 is 13.9 Å². The van der Waals surface area contributed by atoms with Gasteiger partial charge in [0.1, 0.15) is 0 Å². The van der Waals surface area contributed by atoms with Gasteiger partial charge >= 0.3 is 11.5 Å². The molecule has 0 spiro atoms. The van der Waals surface area contributed by atoms with E-state index in [9.17, 15) is 14.7 Å². The molecule has 5 aromatic rings. The van der Waals surface area contributed by atoms with E-state index in [1.807, 2.05) is 42.4 Å². The zero-order valence-corrected chi connectivity index (χ0v) is 19.1. The van der Waals surface area contributed by atoms with Crippen LogP contribution in [-0.4, -0.2) is 37.7 Å². The Bertz CT molecular complexity index is 1610. The lowest BCUT2D eigenvalue weighted by Gasteiger charge is -2.21. The summed E-state index contributed by atoms with van der Waals surface area (Å²) in [6.45, 7) is 1.01.